The quantitative estimate of drug-likeness (QED) is 0.474. The third kappa shape index (κ3) is 6.74. The number of allylic oxidation sites excluding steroid dienone is 3. The molecule has 1 saturated heterocycles. The second-order valence-corrected chi connectivity index (χ2v) is 9.78. The zero-order chi connectivity index (χ0) is 23.8. The van der Waals surface area contributed by atoms with Crippen LogP contribution in [0.15, 0.2) is 60.7 Å². The molecule has 33 heavy (non-hydrogen) atoms. The van der Waals surface area contributed by atoms with E-state index in [2.05, 4.69) is 54.8 Å². The first-order chi connectivity index (χ1) is 15.9. The van der Waals surface area contributed by atoms with Gasteiger partial charge in [-0.1, -0.05) is 48.1 Å². The minimum Gasteiger partial charge on any atom is -0.507 e. The summed E-state index contributed by atoms with van der Waals surface area (Å²) in [6.07, 6.45) is 10.8. The van der Waals surface area contributed by atoms with Gasteiger partial charge in [0.05, 0.1) is 0 Å². The number of phenols is 2. The van der Waals surface area contributed by atoms with Gasteiger partial charge in [-0.2, -0.15) is 0 Å². The van der Waals surface area contributed by atoms with Crippen LogP contribution in [0.2, 0.25) is 0 Å². The molecule has 0 amide bonds. The molecule has 2 aromatic carbocycles. The summed E-state index contributed by atoms with van der Waals surface area (Å²) in [5.41, 5.74) is 5.49. The molecule has 0 aromatic heterocycles. The van der Waals surface area contributed by atoms with Crippen LogP contribution in [0.5, 0.6) is 11.5 Å². The average Bonchev–Trinajstić information content (AvgIpc) is 2.79. The second kappa shape index (κ2) is 12.1. The van der Waals surface area contributed by atoms with Crippen LogP contribution in [0, 0.1) is 12.8 Å². The summed E-state index contributed by atoms with van der Waals surface area (Å²) in [5, 5.41) is 21.8. The minimum atomic E-state index is 0.120. The van der Waals surface area contributed by atoms with Gasteiger partial charge in [0.2, 0.25) is 0 Å². The maximum Gasteiger partial charge on any atom is 0.127 e. The van der Waals surface area contributed by atoms with Gasteiger partial charge >= 0.3 is 0 Å². The Kier molecular flexibility index (Phi) is 9.20. The van der Waals surface area contributed by atoms with Gasteiger partial charge in [0.1, 0.15) is 11.5 Å². The molecule has 1 aliphatic heterocycles. The third-order valence-corrected chi connectivity index (χ3v) is 7.04. The molecule has 2 N–H and O–H groups in total. The Bertz CT molecular complexity index is 940. The Labute approximate surface area is 200 Å². The Morgan fingerprint density at radius 2 is 1.73 bits per heavy atom. The number of benzene rings is 2. The van der Waals surface area contributed by atoms with Crippen molar-refractivity contribution in [3.63, 3.8) is 0 Å². The third-order valence-electron chi connectivity index (χ3n) is 7.04. The molecule has 0 saturated carbocycles. The highest BCUT2D eigenvalue weighted by Gasteiger charge is 2.26. The minimum absolute atomic E-state index is 0.120. The van der Waals surface area contributed by atoms with Gasteiger partial charge in [-0.05, 0) is 95.5 Å². The molecule has 3 nitrogen and oxygen atoms in total. The van der Waals surface area contributed by atoms with Crippen molar-refractivity contribution in [3.05, 3.63) is 83.0 Å². The maximum atomic E-state index is 11.2. The summed E-state index contributed by atoms with van der Waals surface area (Å²) < 4.78 is 0. The van der Waals surface area contributed by atoms with Crippen LogP contribution in [-0.4, -0.2) is 28.2 Å². The van der Waals surface area contributed by atoms with Gasteiger partial charge in [-0.3, -0.25) is 4.90 Å². The molecule has 1 aliphatic carbocycles. The van der Waals surface area contributed by atoms with Crippen molar-refractivity contribution in [2.45, 2.75) is 71.8 Å². The molecule has 1 unspecified atom stereocenters. The molecule has 1 fully saturated rings. The lowest BCUT2D eigenvalue weighted by atomic mass is 9.83. The average molecular weight is 448 g/mol. The molecular weight excluding hydrogens is 406 g/mol. The number of phenolic OH excluding ortho intramolecular Hbond substituents is 2. The molecule has 2 aromatic rings. The fourth-order valence-corrected chi connectivity index (χ4v) is 5.26. The summed E-state index contributed by atoms with van der Waals surface area (Å²) in [6.45, 7) is 12.3. The molecule has 2 aliphatic rings. The van der Waals surface area contributed by atoms with Gasteiger partial charge in [-0.25, -0.2) is 0 Å². The van der Waals surface area contributed by atoms with E-state index in [1.807, 2.05) is 19.9 Å². The zero-order valence-electron chi connectivity index (χ0n) is 20.7. The van der Waals surface area contributed by atoms with Gasteiger partial charge in [-0.15, -0.1) is 6.58 Å². The smallest absolute Gasteiger partial charge is 0.127 e. The molecular formula is C30H41NO2. The highest BCUT2D eigenvalue weighted by Crippen LogP contribution is 2.44. The maximum absolute atomic E-state index is 11.2. The van der Waals surface area contributed by atoms with Gasteiger partial charge in [0.15, 0.2) is 0 Å². The highest BCUT2D eigenvalue weighted by molar-refractivity contribution is 5.55. The van der Waals surface area contributed by atoms with Crippen LogP contribution in [0.1, 0.15) is 74.1 Å². The first kappa shape index (κ1) is 25.1. The Morgan fingerprint density at radius 1 is 1.06 bits per heavy atom. The molecule has 0 spiro atoms. The Balaban J connectivity index is 0.000000968. The summed E-state index contributed by atoms with van der Waals surface area (Å²) in [5.74, 6) is 1.42. The molecule has 0 bridgehead atoms. The Morgan fingerprint density at radius 3 is 2.36 bits per heavy atom. The van der Waals surface area contributed by atoms with Gasteiger partial charge in [0, 0.05) is 23.6 Å². The van der Waals surface area contributed by atoms with Crippen LogP contribution in [0.25, 0.3) is 0 Å². The number of rotatable bonds is 5. The van der Waals surface area contributed by atoms with E-state index in [1.165, 1.54) is 24.0 Å². The zero-order valence-corrected chi connectivity index (χ0v) is 20.7. The number of piperidine rings is 1. The highest BCUT2D eigenvalue weighted by atomic mass is 16.3. The first-order valence-corrected chi connectivity index (χ1v) is 12.5. The summed E-state index contributed by atoms with van der Waals surface area (Å²) in [7, 11) is 0. The fraction of sp³-hybridized carbons (Fsp3) is 0.467. The monoisotopic (exact) mass is 447 g/mol. The predicted molar refractivity (Wildman–Crippen MR) is 139 cm³/mol. The van der Waals surface area contributed by atoms with Crippen molar-refractivity contribution in [3.8, 4) is 11.5 Å². The lowest BCUT2D eigenvalue weighted by Crippen LogP contribution is -2.34. The second-order valence-electron chi connectivity index (χ2n) is 9.78. The van der Waals surface area contributed by atoms with Gasteiger partial charge in [0.25, 0.3) is 0 Å². The number of hydrogen-bond acceptors (Lipinski definition) is 3. The van der Waals surface area contributed by atoms with Crippen LogP contribution >= 0.6 is 0 Å². The SMILES string of the molecule is C=CC.CC1=CC(c2c(O)cc(C)c(CN3CCC(Cc4ccccc4)CC3)c2O)CCC1. The van der Waals surface area contributed by atoms with Crippen LogP contribution in [0.4, 0.5) is 0 Å². The number of likely N-dealkylation sites (tertiary alicyclic amines) is 1. The number of hydrogen-bond donors (Lipinski definition) is 2. The van der Waals surface area contributed by atoms with E-state index < -0.39 is 0 Å². The van der Waals surface area contributed by atoms with Crippen molar-refractivity contribution >= 4 is 0 Å². The Hall–Kier alpha value is -2.52. The largest absolute Gasteiger partial charge is 0.507 e. The predicted octanol–water partition coefficient (Wildman–Crippen LogP) is 7.27. The van der Waals surface area contributed by atoms with Crippen molar-refractivity contribution in [2.24, 2.45) is 5.92 Å². The number of aromatic hydroxyl groups is 2. The summed E-state index contributed by atoms with van der Waals surface area (Å²) in [6, 6.07) is 12.6. The summed E-state index contributed by atoms with van der Waals surface area (Å²) in [4.78, 5) is 2.46. The van der Waals surface area contributed by atoms with Crippen LogP contribution in [-0.2, 0) is 13.0 Å². The van der Waals surface area contributed by atoms with Crippen LogP contribution < -0.4 is 0 Å². The van der Waals surface area contributed by atoms with Crippen LogP contribution in [0.3, 0.4) is 0 Å². The molecule has 3 heteroatoms. The van der Waals surface area contributed by atoms with Gasteiger partial charge < -0.3 is 10.2 Å². The topological polar surface area (TPSA) is 43.7 Å². The lowest BCUT2D eigenvalue weighted by Gasteiger charge is -2.33. The number of aryl methyl sites for hydroxylation is 1. The molecule has 4 rings (SSSR count). The standard InChI is InChI=1S/C27H35NO2.C3H6/c1-19-7-6-10-23(15-19)26-25(29)16-20(2)24(27(26)30)18-28-13-11-22(12-14-28)17-21-8-4-3-5-9-21;1-3-2/h3-5,8-9,15-16,22-23,29-30H,6-7,10-14,17-18H2,1-2H3;3H,1H2,2H3. The molecule has 178 valence electrons. The van der Waals surface area contributed by atoms with E-state index in [0.717, 1.165) is 67.9 Å². The van der Waals surface area contributed by atoms with E-state index in [0.29, 0.717) is 5.75 Å². The molecule has 1 heterocycles. The van der Waals surface area contributed by atoms with E-state index >= 15 is 0 Å². The first-order valence-electron chi connectivity index (χ1n) is 12.5. The van der Waals surface area contributed by atoms with E-state index in [-0.39, 0.29) is 11.7 Å². The molecule has 1 atom stereocenters. The lowest BCUT2D eigenvalue weighted by molar-refractivity contribution is 0.175. The normalized spacial score (nSPS) is 19.4. The summed E-state index contributed by atoms with van der Waals surface area (Å²) >= 11 is 0. The van der Waals surface area contributed by atoms with Crippen molar-refractivity contribution in [1.82, 2.24) is 4.90 Å². The van der Waals surface area contributed by atoms with E-state index in [4.69, 9.17) is 0 Å². The van der Waals surface area contributed by atoms with E-state index in [1.54, 1.807) is 6.08 Å². The van der Waals surface area contributed by atoms with Crippen molar-refractivity contribution in [2.75, 3.05) is 13.1 Å². The van der Waals surface area contributed by atoms with E-state index in [9.17, 15) is 10.2 Å². The van der Waals surface area contributed by atoms with Crippen molar-refractivity contribution in [1.29, 1.82) is 0 Å². The molecule has 0 radical (unpaired) electrons. The fourth-order valence-electron chi connectivity index (χ4n) is 5.26. The van der Waals surface area contributed by atoms with Crippen molar-refractivity contribution < 1.29 is 10.2 Å². The number of nitrogens with zero attached hydrogens (tertiary/aromatic N) is 1.